The zero-order valence-electron chi connectivity index (χ0n) is 12.8. The summed E-state index contributed by atoms with van der Waals surface area (Å²) in [5, 5.41) is 0. The number of nitrogen functional groups attached to an aromatic ring is 1. The van der Waals surface area contributed by atoms with Gasteiger partial charge in [0.05, 0.1) is 17.9 Å². The van der Waals surface area contributed by atoms with E-state index in [1.54, 1.807) is 7.11 Å². The van der Waals surface area contributed by atoms with Crippen LogP contribution in [0.25, 0.3) is 0 Å². The number of anilines is 2. The number of nitrogens with two attached hydrogens (primary N) is 1. The van der Waals surface area contributed by atoms with E-state index in [9.17, 15) is 0 Å². The molecule has 5 nitrogen and oxygen atoms in total. The van der Waals surface area contributed by atoms with Crippen molar-refractivity contribution in [1.29, 1.82) is 0 Å². The highest BCUT2D eigenvalue weighted by Crippen LogP contribution is 2.28. The number of aromatic nitrogens is 1. The van der Waals surface area contributed by atoms with Crippen molar-refractivity contribution in [2.45, 2.75) is 39.4 Å². The molecule has 2 atom stereocenters. The topological polar surface area (TPSA) is 60.6 Å². The van der Waals surface area contributed by atoms with Gasteiger partial charge in [-0.1, -0.05) is 6.92 Å². The molecule has 2 rings (SSSR count). The van der Waals surface area contributed by atoms with E-state index in [0.29, 0.717) is 17.5 Å². The molecular weight excluding hydrogens is 254 g/mol. The third kappa shape index (κ3) is 3.33. The van der Waals surface area contributed by atoms with Gasteiger partial charge in [0.15, 0.2) is 0 Å². The number of nitrogens with zero attached hydrogens (tertiary/aromatic N) is 2. The Kier molecular flexibility index (Phi) is 4.70. The predicted octanol–water partition coefficient (Wildman–Crippen LogP) is 2.31. The summed E-state index contributed by atoms with van der Waals surface area (Å²) in [6.07, 6.45) is 1.41. The number of pyridine rings is 1. The summed E-state index contributed by atoms with van der Waals surface area (Å²) >= 11 is 0. The molecule has 5 heteroatoms. The summed E-state index contributed by atoms with van der Waals surface area (Å²) in [5.74, 6) is 2.00. The van der Waals surface area contributed by atoms with E-state index in [4.69, 9.17) is 15.2 Å². The number of hydrogen-bond donors (Lipinski definition) is 1. The molecule has 1 aliphatic heterocycles. The van der Waals surface area contributed by atoms with E-state index < -0.39 is 0 Å². The summed E-state index contributed by atoms with van der Waals surface area (Å²) in [6, 6.07) is 3.81. The third-order valence-corrected chi connectivity index (χ3v) is 3.74. The normalized spacial score (nSPS) is 23.1. The maximum atomic E-state index is 5.91. The first-order valence-electron chi connectivity index (χ1n) is 7.22. The summed E-state index contributed by atoms with van der Waals surface area (Å²) in [4.78, 5) is 6.79. The minimum Gasteiger partial charge on any atom is -0.473 e. The van der Waals surface area contributed by atoms with E-state index in [1.165, 1.54) is 0 Å². The Labute approximate surface area is 121 Å². The molecule has 1 aliphatic rings. The second kappa shape index (κ2) is 6.31. The Morgan fingerprint density at radius 1 is 1.40 bits per heavy atom. The lowest BCUT2D eigenvalue weighted by atomic mass is 9.96. The lowest BCUT2D eigenvalue weighted by Gasteiger charge is -2.37. The molecule has 0 aromatic carbocycles. The molecule has 112 valence electrons. The maximum Gasteiger partial charge on any atom is 0.239 e. The number of ether oxygens (including phenoxy) is 2. The van der Waals surface area contributed by atoms with Crippen molar-refractivity contribution in [3.8, 4) is 5.88 Å². The highest BCUT2D eigenvalue weighted by molar-refractivity contribution is 5.54. The average Bonchev–Trinajstić information content (AvgIpc) is 2.41. The van der Waals surface area contributed by atoms with Crippen molar-refractivity contribution in [3.05, 3.63) is 12.1 Å². The quantitative estimate of drug-likeness (QED) is 0.916. The Balaban J connectivity index is 2.16. The van der Waals surface area contributed by atoms with E-state index in [2.05, 4.69) is 16.8 Å². The first kappa shape index (κ1) is 14.9. The Bertz CT molecular complexity index is 451. The fourth-order valence-corrected chi connectivity index (χ4v) is 2.48. The molecular formula is C15H25N3O2. The Morgan fingerprint density at radius 2 is 2.15 bits per heavy atom. The van der Waals surface area contributed by atoms with Gasteiger partial charge in [-0.25, -0.2) is 0 Å². The van der Waals surface area contributed by atoms with E-state index >= 15 is 0 Å². The molecule has 2 N–H and O–H groups in total. The molecule has 2 unspecified atom stereocenters. The summed E-state index contributed by atoms with van der Waals surface area (Å²) in [5.41, 5.74) is 6.49. The van der Waals surface area contributed by atoms with Crippen molar-refractivity contribution in [2.24, 2.45) is 5.92 Å². The average molecular weight is 279 g/mol. The van der Waals surface area contributed by atoms with Crippen LogP contribution in [0.2, 0.25) is 0 Å². The van der Waals surface area contributed by atoms with E-state index in [1.807, 2.05) is 26.0 Å². The molecule has 1 saturated heterocycles. The molecule has 20 heavy (non-hydrogen) atoms. The minimum atomic E-state index is 0.0631. The number of hydrogen-bond acceptors (Lipinski definition) is 5. The van der Waals surface area contributed by atoms with Gasteiger partial charge in [0.1, 0.15) is 5.82 Å². The standard InChI is InChI=1S/C15H25N3O2/c1-10(2)20-15-12(16)5-6-14(17-15)18-8-7-11(3)13(9-18)19-4/h5-6,10-11,13H,7-9,16H2,1-4H3. The maximum absolute atomic E-state index is 5.91. The van der Waals surface area contributed by atoms with Crippen LogP contribution in [0.3, 0.4) is 0 Å². The van der Waals surface area contributed by atoms with E-state index in [-0.39, 0.29) is 12.2 Å². The van der Waals surface area contributed by atoms with Gasteiger partial charge in [-0.3, -0.25) is 0 Å². The number of rotatable bonds is 4. The van der Waals surface area contributed by atoms with Gasteiger partial charge >= 0.3 is 0 Å². The second-order valence-electron chi connectivity index (χ2n) is 5.72. The molecule has 0 spiro atoms. The molecule has 1 aromatic rings. The van der Waals surface area contributed by atoms with Crippen LogP contribution in [-0.4, -0.2) is 37.4 Å². The lowest BCUT2D eigenvalue weighted by molar-refractivity contribution is 0.0496. The van der Waals surface area contributed by atoms with Gasteiger partial charge in [-0.05, 0) is 38.3 Å². The fourth-order valence-electron chi connectivity index (χ4n) is 2.48. The monoisotopic (exact) mass is 279 g/mol. The van der Waals surface area contributed by atoms with Crippen LogP contribution in [0.1, 0.15) is 27.2 Å². The molecule has 0 radical (unpaired) electrons. The van der Waals surface area contributed by atoms with Crippen molar-refractivity contribution in [3.63, 3.8) is 0 Å². The first-order chi connectivity index (χ1) is 9.51. The minimum absolute atomic E-state index is 0.0631. The summed E-state index contributed by atoms with van der Waals surface area (Å²) < 4.78 is 11.2. The molecule has 0 bridgehead atoms. The number of piperidine rings is 1. The number of methoxy groups -OCH3 is 1. The van der Waals surface area contributed by atoms with Crippen molar-refractivity contribution in [1.82, 2.24) is 4.98 Å². The van der Waals surface area contributed by atoms with Gasteiger partial charge in [-0.15, -0.1) is 0 Å². The lowest BCUT2D eigenvalue weighted by Crippen LogP contribution is -2.44. The van der Waals surface area contributed by atoms with Crippen molar-refractivity contribution < 1.29 is 9.47 Å². The molecule has 1 fully saturated rings. The van der Waals surface area contributed by atoms with Crippen LogP contribution >= 0.6 is 0 Å². The Morgan fingerprint density at radius 3 is 2.80 bits per heavy atom. The molecule has 0 amide bonds. The molecule has 0 aliphatic carbocycles. The van der Waals surface area contributed by atoms with Gasteiger partial charge in [0.2, 0.25) is 5.88 Å². The van der Waals surface area contributed by atoms with Gasteiger partial charge < -0.3 is 20.1 Å². The largest absolute Gasteiger partial charge is 0.473 e. The molecule has 0 saturated carbocycles. The van der Waals surface area contributed by atoms with Crippen molar-refractivity contribution in [2.75, 3.05) is 30.8 Å². The molecule has 2 heterocycles. The van der Waals surface area contributed by atoms with Crippen LogP contribution in [0, 0.1) is 5.92 Å². The van der Waals surface area contributed by atoms with Crippen LogP contribution in [0.15, 0.2) is 12.1 Å². The third-order valence-electron chi connectivity index (χ3n) is 3.74. The van der Waals surface area contributed by atoms with Crippen molar-refractivity contribution >= 4 is 11.5 Å². The highest BCUT2D eigenvalue weighted by Gasteiger charge is 2.27. The fraction of sp³-hybridized carbons (Fsp3) is 0.667. The smallest absolute Gasteiger partial charge is 0.239 e. The summed E-state index contributed by atoms with van der Waals surface area (Å²) in [7, 11) is 1.77. The molecule has 1 aromatic heterocycles. The van der Waals surface area contributed by atoms with Crippen LogP contribution in [0.5, 0.6) is 5.88 Å². The predicted molar refractivity (Wildman–Crippen MR) is 81.2 cm³/mol. The SMILES string of the molecule is COC1CN(c2ccc(N)c(OC(C)C)n2)CCC1C. The van der Waals surface area contributed by atoms with Gasteiger partial charge in [-0.2, -0.15) is 4.98 Å². The van der Waals surface area contributed by atoms with Crippen LogP contribution < -0.4 is 15.4 Å². The summed E-state index contributed by atoms with van der Waals surface area (Å²) in [6.45, 7) is 8.01. The zero-order chi connectivity index (χ0) is 14.7. The van der Waals surface area contributed by atoms with Gasteiger partial charge in [0, 0.05) is 20.2 Å². The zero-order valence-corrected chi connectivity index (χ0v) is 12.8. The van der Waals surface area contributed by atoms with E-state index in [0.717, 1.165) is 25.3 Å². The highest BCUT2D eigenvalue weighted by atomic mass is 16.5. The first-order valence-corrected chi connectivity index (χ1v) is 7.22. The van der Waals surface area contributed by atoms with Crippen LogP contribution in [-0.2, 0) is 4.74 Å². The van der Waals surface area contributed by atoms with Crippen LogP contribution in [0.4, 0.5) is 11.5 Å². The Hall–Kier alpha value is -1.49. The second-order valence-corrected chi connectivity index (χ2v) is 5.72. The van der Waals surface area contributed by atoms with Gasteiger partial charge in [0.25, 0.3) is 0 Å².